The smallest absolute Gasteiger partial charge is 0.233 e. The van der Waals surface area contributed by atoms with Gasteiger partial charge in [-0.25, -0.2) is 0 Å². The van der Waals surface area contributed by atoms with E-state index in [-0.39, 0.29) is 5.91 Å². The molecule has 1 fully saturated rings. The molecule has 0 atom stereocenters. The van der Waals surface area contributed by atoms with Crippen LogP contribution in [0.4, 0.5) is 0 Å². The summed E-state index contributed by atoms with van der Waals surface area (Å²) in [5.74, 6) is 1.73. The topological polar surface area (TPSA) is 46.1 Å². The molecule has 0 saturated carbocycles. The van der Waals surface area contributed by atoms with Crippen molar-refractivity contribution < 1.29 is 4.79 Å². The van der Waals surface area contributed by atoms with Gasteiger partial charge in [-0.15, -0.1) is 10.2 Å². The van der Waals surface area contributed by atoms with Gasteiger partial charge in [0, 0.05) is 13.1 Å². The molecule has 0 spiro atoms. The number of aromatic nitrogens is 2. The van der Waals surface area contributed by atoms with Crippen LogP contribution in [0.15, 0.2) is 8.68 Å². The van der Waals surface area contributed by atoms with Crippen LogP contribution < -0.4 is 0 Å². The maximum absolute atomic E-state index is 12.0. The Kier molecular flexibility index (Phi) is 5.78. The lowest BCUT2D eigenvalue weighted by Gasteiger charge is -2.26. The van der Waals surface area contributed by atoms with Crippen molar-refractivity contribution in [1.82, 2.24) is 15.1 Å². The van der Waals surface area contributed by atoms with Gasteiger partial charge >= 0.3 is 0 Å². The van der Waals surface area contributed by atoms with Crippen molar-refractivity contribution in [3.05, 3.63) is 0 Å². The van der Waals surface area contributed by atoms with Crippen LogP contribution in [0, 0.1) is 0 Å². The number of carbonyl (C=O) groups excluding carboxylic acids is 1. The zero-order valence-electron chi connectivity index (χ0n) is 10.4. The van der Waals surface area contributed by atoms with Crippen molar-refractivity contribution in [1.29, 1.82) is 0 Å². The first-order valence-electron chi connectivity index (χ1n) is 6.16. The van der Waals surface area contributed by atoms with E-state index < -0.39 is 0 Å². The monoisotopic (exact) mass is 303 g/mol. The van der Waals surface area contributed by atoms with Gasteiger partial charge in [0.05, 0.1) is 5.75 Å². The van der Waals surface area contributed by atoms with Gasteiger partial charge in [0.25, 0.3) is 0 Å². The summed E-state index contributed by atoms with van der Waals surface area (Å²) >= 11 is 4.78. The van der Waals surface area contributed by atoms with Gasteiger partial charge in [0.15, 0.2) is 8.68 Å². The fourth-order valence-electron chi connectivity index (χ4n) is 1.80. The van der Waals surface area contributed by atoms with Crippen LogP contribution in [0.3, 0.4) is 0 Å². The Morgan fingerprint density at radius 1 is 1.22 bits per heavy atom. The number of amides is 1. The molecule has 2 rings (SSSR count). The van der Waals surface area contributed by atoms with Crippen LogP contribution in [0.1, 0.15) is 26.2 Å². The summed E-state index contributed by atoms with van der Waals surface area (Å²) in [6.07, 6.45) is 3.55. The van der Waals surface area contributed by atoms with E-state index in [0.29, 0.717) is 5.75 Å². The number of thioether (sulfide) groups is 2. The second kappa shape index (κ2) is 7.35. The number of piperidine rings is 1. The van der Waals surface area contributed by atoms with Crippen molar-refractivity contribution in [2.75, 3.05) is 24.6 Å². The first-order valence-corrected chi connectivity index (χ1v) is 8.95. The molecule has 1 aliphatic heterocycles. The third-order valence-electron chi connectivity index (χ3n) is 2.68. The zero-order chi connectivity index (χ0) is 12.8. The molecule has 100 valence electrons. The van der Waals surface area contributed by atoms with Crippen molar-refractivity contribution >= 4 is 40.8 Å². The second-order valence-electron chi connectivity index (χ2n) is 4.00. The summed E-state index contributed by atoms with van der Waals surface area (Å²) < 4.78 is 1.89. The Bertz CT molecular complexity index is 391. The Balaban J connectivity index is 1.77. The van der Waals surface area contributed by atoms with Crippen molar-refractivity contribution in [2.45, 2.75) is 34.9 Å². The summed E-state index contributed by atoms with van der Waals surface area (Å²) in [4.78, 5) is 13.9. The third kappa shape index (κ3) is 4.13. The molecule has 18 heavy (non-hydrogen) atoms. The Morgan fingerprint density at radius 2 is 1.89 bits per heavy atom. The first kappa shape index (κ1) is 14.1. The van der Waals surface area contributed by atoms with E-state index in [2.05, 4.69) is 17.1 Å². The SMILES string of the molecule is CCSc1nnc(SCC(=O)N2CCCCC2)s1. The maximum atomic E-state index is 12.0. The van der Waals surface area contributed by atoms with E-state index in [1.165, 1.54) is 18.2 Å². The summed E-state index contributed by atoms with van der Waals surface area (Å²) in [7, 11) is 0. The maximum Gasteiger partial charge on any atom is 0.233 e. The van der Waals surface area contributed by atoms with Crippen LogP contribution in [-0.2, 0) is 4.79 Å². The van der Waals surface area contributed by atoms with E-state index >= 15 is 0 Å². The molecular formula is C11H17N3OS3. The fourth-order valence-corrected chi connectivity index (χ4v) is 4.62. The summed E-state index contributed by atoms with van der Waals surface area (Å²) in [6.45, 7) is 3.94. The van der Waals surface area contributed by atoms with Gasteiger partial charge in [-0.3, -0.25) is 4.79 Å². The molecule has 4 nitrogen and oxygen atoms in total. The van der Waals surface area contributed by atoms with E-state index in [1.807, 2.05) is 4.90 Å². The van der Waals surface area contributed by atoms with Gasteiger partial charge in [-0.2, -0.15) is 0 Å². The third-order valence-corrected chi connectivity index (χ3v) is 5.74. The van der Waals surface area contributed by atoms with E-state index in [4.69, 9.17) is 0 Å². The molecule has 0 N–H and O–H groups in total. The predicted molar refractivity (Wildman–Crippen MR) is 77.5 cm³/mol. The molecule has 0 radical (unpaired) electrons. The Labute approximate surface area is 120 Å². The van der Waals surface area contributed by atoms with Crippen LogP contribution in [0.2, 0.25) is 0 Å². The largest absolute Gasteiger partial charge is 0.342 e. The Hall–Kier alpha value is -0.270. The molecule has 0 aromatic carbocycles. The standard InChI is InChI=1S/C11H17N3OS3/c1-2-16-10-12-13-11(18-10)17-8-9(15)14-6-4-3-5-7-14/h2-8H2,1H3. The molecule has 2 heterocycles. The number of hydrogen-bond donors (Lipinski definition) is 0. The van der Waals surface area contributed by atoms with Gasteiger partial charge in [-0.1, -0.05) is 41.8 Å². The number of hydrogen-bond acceptors (Lipinski definition) is 6. The number of rotatable bonds is 5. The second-order valence-corrected chi connectivity index (χ2v) is 7.71. The summed E-state index contributed by atoms with van der Waals surface area (Å²) in [6, 6.07) is 0. The molecular weight excluding hydrogens is 286 g/mol. The van der Waals surface area contributed by atoms with Crippen molar-refractivity contribution in [2.24, 2.45) is 0 Å². The van der Waals surface area contributed by atoms with Gasteiger partial charge < -0.3 is 4.90 Å². The van der Waals surface area contributed by atoms with Crippen LogP contribution in [0.25, 0.3) is 0 Å². The van der Waals surface area contributed by atoms with Crippen LogP contribution >= 0.6 is 34.9 Å². The normalized spacial score (nSPS) is 15.9. The predicted octanol–water partition coefficient (Wildman–Crippen LogP) is 2.75. The molecule has 0 aliphatic carbocycles. The summed E-state index contributed by atoms with van der Waals surface area (Å²) in [5, 5.41) is 8.17. The highest BCUT2D eigenvalue weighted by Crippen LogP contribution is 2.28. The minimum atomic E-state index is 0.236. The average Bonchev–Trinajstić information content (AvgIpc) is 2.85. The number of likely N-dealkylation sites (tertiary alicyclic amines) is 1. The lowest BCUT2D eigenvalue weighted by molar-refractivity contribution is -0.129. The molecule has 0 bridgehead atoms. The fraction of sp³-hybridized carbons (Fsp3) is 0.727. The molecule has 1 aliphatic rings. The van der Waals surface area contributed by atoms with E-state index in [0.717, 1.165) is 40.4 Å². The lowest BCUT2D eigenvalue weighted by atomic mass is 10.1. The highest BCUT2D eigenvalue weighted by atomic mass is 32.2. The zero-order valence-corrected chi connectivity index (χ0v) is 12.9. The highest BCUT2D eigenvalue weighted by Gasteiger charge is 2.17. The molecule has 7 heteroatoms. The number of nitrogens with zero attached hydrogens (tertiary/aromatic N) is 3. The van der Waals surface area contributed by atoms with Crippen LogP contribution in [-0.4, -0.2) is 45.6 Å². The van der Waals surface area contributed by atoms with Crippen molar-refractivity contribution in [3.63, 3.8) is 0 Å². The minimum absolute atomic E-state index is 0.236. The minimum Gasteiger partial charge on any atom is -0.342 e. The molecule has 1 aromatic rings. The van der Waals surface area contributed by atoms with E-state index in [1.54, 1.807) is 23.1 Å². The highest BCUT2D eigenvalue weighted by molar-refractivity contribution is 8.03. The van der Waals surface area contributed by atoms with Gasteiger partial charge in [0.2, 0.25) is 5.91 Å². The summed E-state index contributed by atoms with van der Waals surface area (Å²) in [5.41, 5.74) is 0. The van der Waals surface area contributed by atoms with Gasteiger partial charge in [0.1, 0.15) is 0 Å². The van der Waals surface area contributed by atoms with Gasteiger partial charge in [-0.05, 0) is 25.0 Å². The van der Waals surface area contributed by atoms with E-state index in [9.17, 15) is 4.79 Å². The van der Waals surface area contributed by atoms with Crippen molar-refractivity contribution in [3.8, 4) is 0 Å². The lowest BCUT2D eigenvalue weighted by Crippen LogP contribution is -2.36. The number of carbonyl (C=O) groups is 1. The van der Waals surface area contributed by atoms with Crippen LogP contribution in [0.5, 0.6) is 0 Å². The molecule has 1 aromatic heterocycles. The first-order chi connectivity index (χ1) is 8.79. The Morgan fingerprint density at radius 3 is 2.56 bits per heavy atom. The molecule has 1 saturated heterocycles. The molecule has 0 unspecified atom stereocenters. The molecule has 1 amide bonds. The average molecular weight is 303 g/mol. The quantitative estimate of drug-likeness (QED) is 0.783.